The van der Waals surface area contributed by atoms with Crippen LogP contribution in [-0.2, 0) is 4.79 Å². The minimum absolute atomic E-state index is 0.153. The Kier molecular flexibility index (Phi) is 4.68. The highest BCUT2D eigenvalue weighted by molar-refractivity contribution is 8.00. The summed E-state index contributed by atoms with van der Waals surface area (Å²) in [6.07, 6.45) is 0. The smallest absolute Gasteiger partial charge is 0.327 e. The average Bonchev–Trinajstić information content (AvgIpc) is 2.81. The maximum atomic E-state index is 12.7. The van der Waals surface area contributed by atoms with Crippen LogP contribution in [0, 0.1) is 5.92 Å². The van der Waals surface area contributed by atoms with Crippen LogP contribution >= 0.6 is 23.4 Å². The number of halogens is 1. The fourth-order valence-corrected chi connectivity index (χ4v) is 4.09. The van der Waals surface area contributed by atoms with Gasteiger partial charge in [0.25, 0.3) is 5.91 Å². The summed E-state index contributed by atoms with van der Waals surface area (Å²) in [5, 5.41) is 9.52. The summed E-state index contributed by atoms with van der Waals surface area (Å²) in [5.41, 5.74) is 6.41. The number of rotatable bonds is 3. The van der Waals surface area contributed by atoms with Gasteiger partial charge in [0.2, 0.25) is 0 Å². The van der Waals surface area contributed by atoms with Gasteiger partial charge in [0, 0.05) is 22.0 Å². The van der Waals surface area contributed by atoms with E-state index in [1.165, 1.54) is 28.8 Å². The fraction of sp³-hybridized carbons (Fsp3) is 0.429. The van der Waals surface area contributed by atoms with E-state index >= 15 is 0 Å². The van der Waals surface area contributed by atoms with E-state index in [0.29, 0.717) is 22.0 Å². The van der Waals surface area contributed by atoms with Crippen molar-refractivity contribution in [2.45, 2.75) is 25.3 Å². The van der Waals surface area contributed by atoms with Crippen LogP contribution in [0.4, 0.5) is 5.69 Å². The lowest BCUT2D eigenvalue weighted by molar-refractivity contribution is -0.141. The van der Waals surface area contributed by atoms with Gasteiger partial charge < -0.3 is 15.7 Å². The number of thioether (sulfide) groups is 1. The van der Waals surface area contributed by atoms with Crippen molar-refractivity contribution >= 4 is 40.9 Å². The van der Waals surface area contributed by atoms with Gasteiger partial charge in [-0.15, -0.1) is 11.8 Å². The first-order valence-electron chi connectivity index (χ1n) is 6.54. The molecule has 1 aliphatic rings. The molecule has 1 aliphatic heterocycles. The van der Waals surface area contributed by atoms with Crippen molar-refractivity contribution in [1.82, 2.24) is 4.90 Å². The number of carboxylic acids is 1. The molecular weight excluding hydrogens is 312 g/mol. The Morgan fingerprint density at radius 1 is 1.43 bits per heavy atom. The van der Waals surface area contributed by atoms with E-state index in [1.807, 2.05) is 13.8 Å². The van der Waals surface area contributed by atoms with Crippen molar-refractivity contribution < 1.29 is 14.7 Å². The van der Waals surface area contributed by atoms with Gasteiger partial charge in [-0.1, -0.05) is 25.4 Å². The highest BCUT2D eigenvalue weighted by Gasteiger charge is 2.43. The number of nitrogens with two attached hydrogens (primary N) is 1. The molecule has 0 spiro atoms. The summed E-state index contributed by atoms with van der Waals surface area (Å²) >= 11 is 7.41. The Balaban J connectivity index is 2.38. The fourth-order valence-electron chi connectivity index (χ4n) is 2.37. The lowest BCUT2D eigenvalue weighted by Crippen LogP contribution is -2.47. The predicted octanol–water partition coefficient (Wildman–Crippen LogP) is 2.55. The maximum Gasteiger partial charge on any atom is 0.327 e. The number of anilines is 1. The summed E-state index contributed by atoms with van der Waals surface area (Å²) in [7, 11) is 0. The van der Waals surface area contributed by atoms with E-state index in [9.17, 15) is 14.7 Å². The Morgan fingerprint density at radius 2 is 2.10 bits per heavy atom. The second-order valence-electron chi connectivity index (χ2n) is 5.31. The van der Waals surface area contributed by atoms with E-state index in [-0.39, 0.29) is 17.2 Å². The Hall–Kier alpha value is -1.40. The molecule has 1 aromatic carbocycles. The third kappa shape index (κ3) is 3.27. The Labute approximate surface area is 132 Å². The molecule has 1 heterocycles. The monoisotopic (exact) mass is 328 g/mol. The molecule has 2 rings (SSSR count). The summed E-state index contributed by atoms with van der Waals surface area (Å²) in [6.45, 7) is 3.93. The van der Waals surface area contributed by atoms with Gasteiger partial charge in [-0.3, -0.25) is 4.79 Å². The molecule has 3 N–H and O–H groups in total. The first-order valence-corrected chi connectivity index (χ1v) is 7.97. The first kappa shape index (κ1) is 16.0. The number of carbonyl (C=O) groups excluding carboxylic acids is 1. The van der Waals surface area contributed by atoms with E-state index in [1.54, 1.807) is 6.07 Å². The van der Waals surface area contributed by atoms with E-state index < -0.39 is 12.0 Å². The molecule has 1 fully saturated rings. The summed E-state index contributed by atoms with van der Waals surface area (Å²) in [4.78, 5) is 25.5. The van der Waals surface area contributed by atoms with Crippen molar-refractivity contribution in [3.05, 3.63) is 28.8 Å². The Bertz CT molecular complexity index is 559. The number of carboxylic acid groups (broad SMARTS) is 1. The molecule has 0 bridgehead atoms. The van der Waals surface area contributed by atoms with Gasteiger partial charge in [0.15, 0.2) is 0 Å². The number of nitrogen functional groups attached to an aromatic ring is 1. The van der Waals surface area contributed by atoms with E-state index in [0.717, 1.165) is 0 Å². The van der Waals surface area contributed by atoms with Gasteiger partial charge in [-0.2, -0.15) is 0 Å². The largest absolute Gasteiger partial charge is 0.480 e. The van der Waals surface area contributed by atoms with Crippen LogP contribution in [0.3, 0.4) is 0 Å². The molecule has 114 valence electrons. The number of amides is 1. The zero-order chi connectivity index (χ0) is 15.7. The van der Waals surface area contributed by atoms with Crippen LogP contribution < -0.4 is 5.73 Å². The lowest BCUT2D eigenvalue weighted by Gasteiger charge is -2.29. The minimum atomic E-state index is -0.992. The van der Waals surface area contributed by atoms with E-state index in [2.05, 4.69) is 0 Å². The molecule has 0 aliphatic carbocycles. The van der Waals surface area contributed by atoms with Crippen LogP contribution in [0.1, 0.15) is 24.2 Å². The third-order valence-electron chi connectivity index (χ3n) is 3.29. The molecule has 2 atom stereocenters. The molecule has 0 saturated carbocycles. The number of aliphatic carboxylic acids is 1. The van der Waals surface area contributed by atoms with Gasteiger partial charge >= 0.3 is 5.97 Å². The van der Waals surface area contributed by atoms with Crippen molar-refractivity contribution in [3.63, 3.8) is 0 Å². The van der Waals surface area contributed by atoms with Crippen LogP contribution in [-0.4, -0.2) is 39.1 Å². The van der Waals surface area contributed by atoms with Gasteiger partial charge in [0.05, 0.1) is 5.37 Å². The molecule has 0 radical (unpaired) electrons. The highest BCUT2D eigenvalue weighted by atomic mass is 35.5. The molecule has 2 unspecified atom stereocenters. The number of benzene rings is 1. The second kappa shape index (κ2) is 6.15. The zero-order valence-corrected chi connectivity index (χ0v) is 13.3. The van der Waals surface area contributed by atoms with Gasteiger partial charge in [-0.25, -0.2) is 4.79 Å². The molecule has 1 amide bonds. The van der Waals surface area contributed by atoms with Crippen LogP contribution in [0.25, 0.3) is 0 Å². The molecule has 0 aromatic heterocycles. The van der Waals surface area contributed by atoms with Crippen molar-refractivity contribution in [2.24, 2.45) is 5.92 Å². The first-order chi connectivity index (χ1) is 9.81. The maximum absolute atomic E-state index is 12.7. The predicted molar refractivity (Wildman–Crippen MR) is 84.5 cm³/mol. The molecule has 1 saturated heterocycles. The number of hydrogen-bond acceptors (Lipinski definition) is 4. The van der Waals surface area contributed by atoms with Crippen molar-refractivity contribution in [1.29, 1.82) is 0 Å². The van der Waals surface area contributed by atoms with Crippen LogP contribution in [0.2, 0.25) is 5.02 Å². The van der Waals surface area contributed by atoms with Gasteiger partial charge in [-0.05, 0) is 24.1 Å². The zero-order valence-electron chi connectivity index (χ0n) is 11.7. The summed E-state index contributed by atoms with van der Waals surface area (Å²) in [5.74, 6) is -0.797. The van der Waals surface area contributed by atoms with Crippen molar-refractivity contribution in [3.8, 4) is 0 Å². The van der Waals surface area contributed by atoms with Crippen molar-refractivity contribution in [2.75, 3.05) is 11.5 Å². The quantitative estimate of drug-likeness (QED) is 0.833. The third-order valence-corrected chi connectivity index (χ3v) is 5.13. The summed E-state index contributed by atoms with van der Waals surface area (Å²) < 4.78 is 0. The molecular formula is C14H17ClN2O3S. The number of hydrogen-bond donors (Lipinski definition) is 2. The standard InChI is InChI=1S/C14H17ClN2O3S/c1-7(2)13-17(11(6-21-13)14(19)20)12(18)8-3-9(15)5-10(16)4-8/h3-5,7,11,13H,6,16H2,1-2H3,(H,19,20). The number of carbonyl (C=O) groups is 2. The van der Waals surface area contributed by atoms with E-state index in [4.69, 9.17) is 17.3 Å². The topological polar surface area (TPSA) is 83.6 Å². The lowest BCUT2D eigenvalue weighted by atomic mass is 10.1. The molecule has 1 aromatic rings. The molecule has 7 heteroatoms. The number of nitrogens with zero attached hydrogens (tertiary/aromatic N) is 1. The molecule has 5 nitrogen and oxygen atoms in total. The molecule has 21 heavy (non-hydrogen) atoms. The highest BCUT2D eigenvalue weighted by Crippen LogP contribution is 2.35. The normalized spacial score (nSPS) is 21.8. The average molecular weight is 329 g/mol. The Morgan fingerprint density at radius 3 is 2.62 bits per heavy atom. The van der Waals surface area contributed by atoms with Gasteiger partial charge in [0.1, 0.15) is 6.04 Å². The SMILES string of the molecule is CC(C)C1SCC(C(=O)O)N1C(=O)c1cc(N)cc(Cl)c1. The van der Waals surface area contributed by atoms with Crippen LogP contribution in [0.15, 0.2) is 18.2 Å². The minimum Gasteiger partial charge on any atom is -0.480 e. The summed E-state index contributed by atoms with van der Waals surface area (Å²) in [6, 6.07) is 3.76. The van der Waals surface area contributed by atoms with Crippen LogP contribution in [0.5, 0.6) is 0 Å². The second-order valence-corrected chi connectivity index (χ2v) is 6.89.